The number of anilines is 1. The maximum atomic E-state index is 13.1. The van der Waals surface area contributed by atoms with Crippen LogP contribution in [0.2, 0.25) is 0 Å². The monoisotopic (exact) mass is 430 g/mol. The van der Waals surface area contributed by atoms with Crippen LogP contribution in [0.3, 0.4) is 0 Å². The molecular weight excluding hydrogens is 415 g/mol. The van der Waals surface area contributed by atoms with Crippen LogP contribution >= 0.6 is 15.9 Å². The Morgan fingerprint density at radius 3 is 2.63 bits per heavy atom. The molecule has 0 spiro atoms. The summed E-state index contributed by atoms with van der Waals surface area (Å²) in [5.74, 6) is -1.60. The fraction of sp³-hybridized carbons (Fsp3) is 0.150. The second kappa shape index (κ2) is 10.2. The van der Waals surface area contributed by atoms with Crippen LogP contribution in [0.4, 0.5) is 10.1 Å². The zero-order chi connectivity index (χ0) is 19.6. The lowest BCUT2D eigenvalue weighted by molar-refractivity contribution is -0.142. The molecule has 0 aliphatic rings. The number of carbonyl (C=O) groups is 2. The van der Waals surface area contributed by atoms with E-state index in [4.69, 9.17) is 10.00 Å². The van der Waals surface area contributed by atoms with Crippen molar-refractivity contribution >= 4 is 39.6 Å². The summed E-state index contributed by atoms with van der Waals surface area (Å²) < 4.78 is 18.9. The molecule has 1 amide bonds. The van der Waals surface area contributed by atoms with Crippen LogP contribution in [0, 0.1) is 17.1 Å². The van der Waals surface area contributed by atoms with E-state index < -0.39 is 24.3 Å². The van der Waals surface area contributed by atoms with Gasteiger partial charge in [0.05, 0.1) is 12.5 Å². The van der Waals surface area contributed by atoms with Gasteiger partial charge in [-0.15, -0.1) is 0 Å². The van der Waals surface area contributed by atoms with Crippen molar-refractivity contribution in [2.75, 3.05) is 18.1 Å². The fourth-order valence-electron chi connectivity index (χ4n) is 2.21. The SMILES string of the molecule is N#CCCN(C(=O)COC(=O)/C=C/c1cccc(Br)c1)c1ccc(F)cc1. The van der Waals surface area contributed by atoms with Gasteiger partial charge in [0.1, 0.15) is 5.82 Å². The number of ether oxygens (including phenoxy) is 1. The van der Waals surface area contributed by atoms with Gasteiger partial charge in [-0.2, -0.15) is 5.26 Å². The summed E-state index contributed by atoms with van der Waals surface area (Å²) >= 11 is 3.34. The number of hydrogen-bond acceptors (Lipinski definition) is 4. The van der Waals surface area contributed by atoms with E-state index in [2.05, 4.69) is 15.9 Å². The highest BCUT2D eigenvalue weighted by Crippen LogP contribution is 2.16. The number of halogens is 2. The largest absolute Gasteiger partial charge is 0.452 e. The highest BCUT2D eigenvalue weighted by atomic mass is 79.9. The Labute approximate surface area is 164 Å². The quantitative estimate of drug-likeness (QED) is 0.489. The number of rotatable bonds is 7. The molecular formula is C20H16BrFN2O3. The van der Waals surface area contributed by atoms with Crippen molar-refractivity contribution in [1.29, 1.82) is 5.26 Å². The molecule has 7 heteroatoms. The number of amides is 1. The van der Waals surface area contributed by atoms with Crippen LogP contribution in [-0.4, -0.2) is 25.0 Å². The van der Waals surface area contributed by atoms with Crippen molar-refractivity contribution in [3.63, 3.8) is 0 Å². The first-order valence-corrected chi connectivity index (χ1v) is 8.82. The van der Waals surface area contributed by atoms with Crippen LogP contribution in [0.25, 0.3) is 6.08 Å². The Balaban J connectivity index is 1.97. The average Bonchev–Trinajstić information content (AvgIpc) is 2.66. The summed E-state index contributed by atoms with van der Waals surface area (Å²) in [7, 11) is 0. The second-order valence-corrected chi connectivity index (χ2v) is 6.34. The second-order valence-electron chi connectivity index (χ2n) is 5.43. The van der Waals surface area contributed by atoms with E-state index >= 15 is 0 Å². The normalized spacial score (nSPS) is 10.4. The minimum Gasteiger partial charge on any atom is -0.452 e. The molecule has 27 heavy (non-hydrogen) atoms. The molecule has 0 fully saturated rings. The molecule has 0 aromatic heterocycles. The van der Waals surface area contributed by atoms with Gasteiger partial charge in [-0.1, -0.05) is 28.1 Å². The van der Waals surface area contributed by atoms with Gasteiger partial charge >= 0.3 is 5.97 Å². The molecule has 138 valence electrons. The molecule has 0 aliphatic carbocycles. The van der Waals surface area contributed by atoms with Crippen molar-refractivity contribution in [3.05, 3.63) is 70.5 Å². The molecule has 2 aromatic rings. The maximum absolute atomic E-state index is 13.1. The van der Waals surface area contributed by atoms with E-state index in [9.17, 15) is 14.0 Å². The van der Waals surface area contributed by atoms with Crippen LogP contribution in [-0.2, 0) is 14.3 Å². The third-order valence-corrected chi connectivity index (χ3v) is 3.98. The summed E-state index contributed by atoms with van der Waals surface area (Å²) in [6.45, 7) is -0.364. The third-order valence-electron chi connectivity index (χ3n) is 3.49. The Bertz CT molecular complexity index is 876. The minimum absolute atomic E-state index is 0.0971. The summed E-state index contributed by atoms with van der Waals surface area (Å²) in [5, 5.41) is 8.76. The summed E-state index contributed by atoms with van der Waals surface area (Å²) in [6, 6.07) is 14.6. The lowest BCUT2D eigenvalue weighted by Gasteiger charge is -2.21. The number of esters is 1. The predicted molar refractivity (Wildman–Crippen MR) is 103 cm³/mol. The molecule has 0 radical (unpaired) electrons. The summed E-state index contributed by atoms with van der Waals surface area (Å²) in [5.41, 5.74) is 1.23. The lowest BCUT2D eigenvalue weighted by Crippen LogP contribution is -2.35. The van der Waals surface area contributed by atoms with E-state index in [1.807, 2.05) is 30.3 Å². The van der Waals surface area contributed by atoms with E-state index in [0.29, 0.717) is 5.69 Å². The van der Waals surface area contributed by atoms with Crippen molar-refractivity contribution in [3.8, 4) is 6.07 Å². The van der Waals surface area contributed by atoms with Gasteiger partial charge in [-0.3, -0.25) is 4.79 Å². The molecule has 0 saturated carbocycles. The first-order chi connectivity index (χ1) is 13.0. The summed E-state index contributed by atoms with van der Waals surface area (Å²) in [6.07, 6.45) is 2.90. The maximum Gasteiger partial charge on any atom is 0.331 e. The molecule has 2 aromatic carbocycles. The van der Waals surface area contributed by atoms with Crippen LogP contribution in [0.15, 0.2) is 59.1 Å². The van der Waals surface area contributed by atoms with Gasteiger partial charge in [0.25, 0.3) is 5.91 Å². The molecule has 5 nitrogen and oxygen atoms in total. The number of benzene rings is 2. The molecule has 0 atom stereocenters. The van der Waals surface area contributed by atoms with E-state index in [0.717, 1.165) is 10.0 Å². The third kappa shape index (κ3) is 6.68. The Morgan fingerprint density at radius 2 is 1.96 bits per heavy atom. The Kier molecular flexibility index (Phi) is 7.71. The molecule has 0 heterocycles. The van der Waals surface area contributed by atoms with Gasteiger partial charge in [-0.25, -0.2) is 9.18 Å². The highest BCUT2D eigenvalue weighted by molar-refractivity contribution is 9.10. The summed E-state index contributed by atoms with van der Waals surface area (Å²) in [4.78, 5) is 25.5. The number of carbonyl (C=O) groups excluding carboxylic acids is 2. The van der Waals surface area contributed by atoms with Gasteiger partial charge < -0.3 is 9.64 Å². The van der Waals surface area contributed by atoms with Gasteiger partial charge in [0.2, 0.25) is 0 Å². The molecule has 0 unspecified atom stereocenters. The minimum atomic E-state index is -0.664. The average molecular weight is 431 g/mol. The highest BCUT2D eigenvalue weighted by Gasteiger charge is 2.17. The van der Waals surface area contributed by atoms with Crippen LogP contribution in [0.1, 0.15) is 12.0 Å². The van der Waals surface area contributed by atoms with Crippen LogP contribution in [0.5, 0.6) is 0 Å². The lowest BCUT2D eigenvalue weighted by atomic mass is 10.2. The molecule has 0 saturated heterocycles. The predicted octanol–water partition coefficient (Wildman–Crippen LogP) is 4.09. The standard InChI is InChI=1S/C20H16BrFN2O3/c21-16-4-1-3-15(13-16)5-10-20(26)27-14-19(25)24(12-2-11-23)18-8-6-17(22)7-9-18/h1,3-10,13H,2,12,14H2/b10-5+. The molecule has 0 aliphatic heterocycles. The van der Waals surface area contributed by atoms with Gasteiger partial charge in [0, 0.05) is 22.8 Å². The zero-order valence-corrected chi connectivity index (χ0v) is 15.9. The Hall–Kier alpha value is -2.98. The topological polar surface area (TPSA) is 70.4 Å². The Morgan fingerprint density at radius 1 is 1.22 bits per heavy atom. The van der Waals surface area contributed by atoms with Crippen LogP contribution < -0.4 is 4.90 Å². The van der Waals surface area contributed by atoms with E-state index in [1.165, 1.54) is 35.2 Å². The van der Waals surface area contributed by atoms with E-state index in [-0.39, 0.29) is 13.0 Å². The van der Waals surface area contributed by atoms with Gasteiger partial charge in [0.15, 0.2) is 6.61 Å². The van der Waals surface area contributed by atoms with Crippen molar-refractivity contribution in [1.82, 2.24) is 0 Å². The van der Waals surface area contributed by atoms with Crippen molar-refractivity contribution < 1.29 is 18.7 Å². The smallest absolute Gasteiger partial charge is 0.331 e. The number of hydrogen-bond donors (Lipinski definition) is 0. The van der Waals surface area contributed by atoms with Crippen molar-refractivity contribution in [2.24, 2.45) is 0 Å². The molecule has 2 rings (SSSR count). The first kappa shape index (κ1) is 20.3. The fourth-order valence-corrected chi connectivity index (χ4v) is 2.63. The first-order valence-electron chi connectivity index (χ1n) is 8.03. The number of nitrogens with zero attached hydrogens (tertiary/aromatic N) is 2. The van der Waals surface area contributed by atoms with Crippen molar-refractivity contribution in [2.45, 2.75) is 6.42 Å². The zero-order valence-electron chi connectivity index (χ0n) is 14.3. The molecule has 0 N–H and O–H groups in total. The molecule has 0 bridgehead atoms. The number of nitriles is 1. The van der Waals surface area contributed by atoms with Gasteiger partial charge in [-0.05, 0) is 48.0 Å². The van der Waals surface area contributed by atoms with E-state index in [1.54, 1.807) is 6.08 Å².